The predicted octanol–water partition coefficient (Wildman–Crippen LogP) is 4.22. The van der Waals surface area contributed by atoms with E-state index in [2.05, 4.69) is 0 Å². The van der Waals surface area contributed by atoms with Crippen LogP contribution in [0.5, 0.6) is 0 Å². The molecule has 0 spiro atoms. The van der Waals surface area contributed by atoms with E-state index in [1.807, 2.05) is 0 Å². The number of aliphatic hydroxyl groups is 1. The molecular weight excluding hydrogens is 231 g/mol. The lowest BCUT2D eigenvalue weighted by Crippen LogP contribution is -2.09. The number of halogens is 2. The van der Waals surface area contributed by atoms with Crippen molar-refractivity contribution in [3.8, 4) is 0 Å². The Hall–Kier alpha value is -0.240. The van der Waals surface area contributed by atoms with Gasteiger partial charge in [0.25, 0.3) is 0 Å². The van der Waals surface area contributed by atoms with Crippen LogP contribution in [0.3, 0.4) is 0 Å². The molecule has 3 heteroatoms. The third kappa shape index (κ3) is 2.47. The van der Waals surface area contributed by atoms with Gasteiger partial charge in [0, 0.05) is 15.6 Å². The van der Waals surface area contributed by atoms with Crippen molar-refractivity contribution in [2.75, 3.05) is 0 Å². The highest BCUT2D eigenvalue weighted by Crippen LogP contribution is 2.38. The molecule has 1 aliphatic rings. The van der Waals surface area contributed by atoms with E-state index in [-0.39, 0.29) is 0 Å². The minimum absolute atomic E-state index is 0.348. The fraction of sp³-hybridized carbons (Fsp3) is 0.500. The van der Waals surface area contributed by atoms with Gasteiger partial charge >= 0.3 is 0 Å². The first-order chi connectivity index (χ1) is 7.18. The molecule has 2 rings (SSSR count). The van der Waals surface area contributed by atoms with Crippen molar-refractivity contribution < 1.29 is 5.11 Å². The number of hydrogen-bond acceptors (Lipinski definition) is 1. The molecule has 0 bridgehead atoms. The summed E-state index contributed by atoms with van der Waals surface area (Å²) in [6, 6.07) is 5.26. The molecule has 1 aromatic rings. The zero-order valence-corrected chi connectivity index (χ0v) is 9.93. The molecule has 1 N–H and O–H groups in total. The van der Waals surface area contributed by atoms with Gasteiger partial charge in [0.05, 0.1) is 6.10 Å². The number of aliphatic hydroxyl groups excluding tert-OH is 1. The lowest BCUT2D eigenvalue weighted by molar-refractivity contribution is 0.112. The fourth-order valence-electron chi connectivity index (χ4n) is 2.27. The first-order valence-electron chi connectivity index (χ1n) is 5.31. The molecule has 0 heterocycles. The van der Waals surface area contributed by atoms with Gasteiger partial charge in [-0.1, -0.05) is 36.0 Å². The van der Waals surface area contributed by atoms with Crippen LogP contribution in [-0.4, -0.2) is 5.11 Å². The van der Waals surface area contributed by atoms with Gasteiger partial charge < -0.3 is 5.11 Å². The van der Waals surface area contributed by atoms with Gasteiger partial charge in [0.1, 0.15) is 0 Å². The zero-order chi connectivity index (χ0) is 10.8. The fourth-order valence-corrected chi connectivity index (χ4v) is 2.68. The third-order valence-corrected chi connectivity index (χ3v) is 3.70. The molecule has 0 amide bonds. The average molecular weight is 245 g/mol. The maximum absolute atomic E-state index is 10.2. The molecule has 1 saturated carbocycles. The van der Waals surface area contributed by atoms with Gasteiger partial charge in [-0.15, -0.1) is 0 Å². The molecule has 1 nitrogen and oxygen atoms in total. The SMILES string of the molecule is OC(c1cc(Cl)ccc1Cl)C1CCCC1. The molecule has 1 unspecified atom stereocenters. The Kier molecular flexibility index (Phi) is 3.55. The third-order valence-electron chi connectivity index (χ3n) is 3.12. The molecule has 15 heavy (non-hydrogen) atoms. The Bertz CT molecular complexity index is 345. The average Bonchev–Trinajstić information content (AvgIpc) is 2.74. The van der Waals surface area contributed by atoms with Crippen LogP contribution in [0, 0.1) is 5.92 Å². The van der Waals surface area contributed by atoms with Gasteiger partial charge in [-0.2, -0.15) is 0 Å². The molecule has 0 aliphatic heterocycles. The summed E-state index contributed by atoms with van der Waals surface area (Å²) in [5.41, 5.74) is 0.774. The van der Waals surface area contributed by atoms with Gasteiger partial charge in [-0.25, -0.2) is 0 Å². The van der Waals surface area contributed by atoms with Gasteiger partial charge in [0.2, 0.25) is 0 Å². The summed E-state index contributed by atoms with van der Waals surface area (Å²) in [6.07, 6.45) is 4.13. The molecule has 0 aromatic heterocycles. The van der Waals surface area contributed by atoms with Crippen molar-refractivity contribution in [2.45, 2.75) is 31.8 Å². The standard InChI is InChI=1S/C12H14Cl2O/c13-9-5-6-11(14)10(7-9)12(15)8-3-1-2-4-8/h5-8,12,15H,1-4H2. The minimum atomic E-state index is -0.460. The van der Waals surface area contributed by atoms with E-state index in [0.717, 1.165) is 18.4 Å². The van der Waals surface area contributed by atoms with Gasteiger partial charge in [-0.3, -0.25) is 0 Å². The summed E-state index contributed by atoms with van der Waals surface area (Å²) in [6.45, 7) is 0. The normalized spacial score (nSPS) is 19.4. The second-order valence-electron chi connectivity index (χ2n) is 4.16. The van der Waals surface area contributed by atoms with Crippen LogP contribution in [0.2, 0.25) is 10.0 Å². The maximum Gasteiger partial charge on any atom is 0.0833 e. The molecule has 1 atom stereocenters. The summed E-state index contributed by atoms with van der Waals surface area (Å²) in [5.74, 6) is 0.348. The Morgan fingerprint density at radius 2 is 1.87 bits per heavy atom. The summed E-state index contributed by atoms with van der Waals surface area (Å²) in [5, 5.41) is 11.4. The Labute approximate surface area is 100 Å². The first kappa shape index (κ1) is 11.3. The smallest absolute Gasteiger partial charge is 0.0833 e. The number of hydrogen-bond donors (Lipinski definition) is 1. The summed E-state index contributed by atoms with van der Waals surface area (Å²) < 4.78 is 0. The van der Waals surface area contributed by atoms with Crippen LogP contribution < -0.4 is 0 Å². The first-order valence-corrected chi connectivity index (χ1v) is 6.07. The lowest BCUT2D eigenvalue weighted by Gasteiger charge is -2.19. The van der Waals surface area contributed by atoms with Crippen molar-refractivity contribution in [1.29, 1.82) is 0 Å². The van der Waals surface area contributed by atoms with Crippen molar-refractivity contribution in [2.24, 2.45) is 5.92 Å². The van der Waals surface area contributed by atoms with Crippen LogP contribution in [0.25, 0.3) is 0 Å². The highest BCUT2D eigenvalue weighted by molar-refractivity contribution is 6.33. The summed E-state index contributed by atoms with van der Waals surface area (Å²) in [7, 11) is 0. The lowest BCUT2D eigenvalue weighted by atomic mass is 9.94. The van der Waals surface area contributed by atoms with E-state index in [1.54, 1.807) is 18.2 Å². The highest BCUT2D eigenvalue weighted by Gasteiger charge is 2.25. The Morgan fingerprint density at radius 1 is 1.20 bits per heavy atom. The second kappa shape index (κ2) is 4.73. The van der Waals surface area contributed by atoms with Crippen molar-refractivity contribution in [3.63, 3.8) is 0 Å². The van der Waals surface area contributed by atoms with Crippen LogP contribution in [0.15, 0.2) is 18.2 Å². The highest BCUT2D eigenvalue weighted by atomic mass is 35.5. The monoisotopic (exact) mass is 244 g/mol. The molecular formula is C12H14Cl2O. The van der Waals surface area contributed by atoms with Gasteiger partial charge in [-0.05, 0) is 37.0 Å². The van der Waals surface area contributed by atoms with E-state index in [4.69, 9.17) is 23.2 Å². The van der Waals surface area contributed by atoms with Crippen molar-refractivity contribution in [3.05, 3.63) is 33.8 Å². The van der Waals surface area contributed by atoms with Crippen LogP contribution in [0.4, 0.5) is 0 Å². The van der Waals surface area contributed by atoms with E-state index >= 15 is 0 Å². The predicted molar refractivity (Wildman–Crippen MR) is 63.4 cm³/mol. The number of rotatable bonds is 2. The molecule has 0 saturated heterocycles. The minimum Gasteiger partial charge on any atom is -0.388 e. The molecule has 0 radical (unpaired) electrons. The van der Waals surface area contributed by atoms with Crippen LogP contribution >= 0.6 is 23.2 Å². The van der Waals surface area contributed by atoms with E-state index in [9.17, 15) is 5.11 Å². The summed E-state index contributed by atoms with van der Waals surface area (Å²) >= 11 is 11.9. The maximum atomic E-state index is 10.2. The summed E-state index contributed by atoms with van der Waals surface area (Å²) in [4.78, 5) is 0. The number of benzene rings is 1. The van der Waals surface area contributed by atoms with Crippen molar-refractivity contribution in [1.82, 2.24) is 0 Å². The van der Waals surface area contributed by atoms with Crippen LogP contribution in [-0.2, 0) is 0 Å². The van der Waals surface area contributed by atoms with Gasteiger partial charge in [0.15, 0.2) is 0 Å². The topological polar surface area (TPSA) is 20.2 Å². The molecule has 1 aromatic carbocycles. The zero-order valence-electron chi connectivity index (χ0n) is 8.42. The van der Waals surface area contributed by atoms with Crippen LogP contribution in [0.1, 0.15) is 37.4 Å². The van der Waals surface area contributed by atoms with E-state index in [1.165, 1.54) is 12.8 Å². The molecule has 82 valence electrons. The Balaban J connectivity index is 2.23. The van der Waals surface area contributed by atoms with E-state index < -0.39 is 6.10 Å². The van der Waals surface area contributed by atoms with Crippen molar-refractivity contribution >= 4 is 23.2 Å². The molecule has 1 fully saturated rings. The molecule has 1 aliphatic carbocycles. The Morgan fingerprint density at radius 3 is 2.53 bits per heavy atom. The quantitative estimate of drug-likeness (QED) is 0.827. The largest absolute Gasteiger partial charge is 0.388 e. The van der Waals surface area contributed by atoms with E-state index in [0.29, 0.717) is 16.0 Å². The second-order valence-corrected chi connectivity index (χ2v) is 5.00.